The number of carbonyl (C=O) groups is 1. The van der Waals surface area contributed by atoms with Crippen molar-refractivity contribution < 1.29 is 4.79 Å². The second kappa shape index (κ2) is 4.46. The number of carbonyl (C=O) groups excluding carboxylic acids is 1. The van der Waals surface area contributed by atoms with Crippen molar-refractivity contribution in [1.29, 1.82) is 0 Å². The molecule has 0 N–H and O–H groups in total. The Hall–Kier alpha value is -1.58. The van der Waals surface area contributed by atoms with E-state index in [9.17, 15) is 4.79 Å². The van der Waals surface area contributed by atoms with Gasteiger partial charge in [-0.2, -0.15) is 0 Å². The van der Waals surface area contributed by atoms with Crippen molar-refractivity contribution in [2.45, 2.75) is 32.7 Å². The van der Waals surface area contributed by atoms with Crippen LogP contribution >= 0.6 is 0 Å². The first-order valence-electron chi connectivity index (χ1n) is 8.03. The summed E-state index contributed by atoms with van der Waals surface area (Å²) in [4.78, 5) is 18.9. The minimum absolute atomic E-state index is 0.233. The highest BCUT2D eigenvalue weighted by Gasteiger charge is 2.64. The highest BCUT2D eigenvalue weighted by atomic mass is 16.2. The van der Waals surface area contributed by atoms with Gasteiger partial charge in [-0.1, -0.05) is 12.2 Å². The van der Waals surface area contributed by atoms with E-state index in [1.54, 1.807) is 0 Å². The minimum atomic E-state index is 0.233. The van der Waals surface area contributed by atoms with Crippen molar-refractivity contribution in [2.75, 3.05) is 13.6 Å². The van der Waals surface area contributed by atoms with Crippen molar-refractivity contribution in [3.05, 3.63) is 30.4 Å². The summed E-state index contributed by atoms with van der Waals surface area (Å²) in [5.74, 6) is 2.79. The van der Waals surface area contributed by atoms with Crippen molar-refractivity contribution >= 4 is 5.91 Å². The Morgan fingerprint density at radius 2 is 2.29 bits per heavy atom. The van der Waals surface area contributed by atoms with E-state index in [1.165, 1.54) is 12.8 Å². The van der Waals surface area contributed by atoms with Gasteiger partial charge in [-0.05, 0) is 43.4 Å². The summed E-state index contributed by atoms with van der Waals surface area (Å²) in [5, 5.41) is 0. The predicted octanol–water partition coefficient (Wildman–Crippen LogP) is 2.25. The molecule has 1 aromatic heterocycles. The van der Waals surface area contributed by atoms with Gasteiger partial charge in [-0.3, -0.25) is 4.79 Å². The zero-order chi connectivity index (χ0) is 14.6. The second-order valence-corrected chi connectivity index (χ2v) is 7.02. The Morgan fingerprint density at radius 1 is 1.48 bits per heavy atom. The average Bonchev–Trinajstić information content (AvgIpc) is 2.97. The molecule has 3 aliphatic rings. The molecule has 0 saturated heterocycles. The molecule has 0 unspecified atom stereocenters. The number of hydrogen-bond acceptors (Lipinski definition) is 2. The van der Waals surface area contributed by atoms with Crippen molar-refractivity contribution in [3.63, 3.8) is 0 Å². The first kappa shape index (κ1) is 13.1. The maximum atomic E-state index is 12.8. The third-order valence-corrected chi connectivity index (χ3v) is 6.02. The van der Waals surface area contributed by atoms with Crippen molar-refractivity contribution in [2.24, 2.45) is 23.2 Å². The monoisotopic (exact) mass is 285 g/mol. The molecule has 1 heterocycles. The quantitative estimate of drug-likeness (QED) is 0.796. The molecule has 4 rings (SSSR count). The fourth-order valence-corrected chi connectivity index (χ4v) is 4.55. The zero-order valence-electron chi connectivity index (χ0n) is 12.8. The Balaban J connectivity index is 1.39. The molecule has 21 heavy (non-hydrogen) atoms. The molecule has 1 amide bonds. The Morgan fingerprint density at radius 3 is 2.90 bits per heavy atom. The third-order valence-electron chi connectivity index (χ3n) is 6.02. The summed E-state index contributed by atoms with van der Waals surface area (Å²) < 4.78 is 2.10. The molecule has 0 radical (unpaired) electrons. The van der Waals surface area contributed by atoms with E-state index in [0.717, 1.165) is 25.3 Å². The van der Waals surface area contributed by atoms with Gasteiger partial charge in [0.2, 0.25) is 5.91 Å². The van der Waals surface area contributed by atoms with Crippen molar-refractivity contribution in [3.8, 4) is 0 Å². The number of hydrogen-bond donors (Lipinski definition) is 0. The van der Waals surface area contributed by atoms with Crippen LogP contribution in [0.15, 0.2) is 24.5 Å². The van der Waals surface area contributed by atoms with E-state index in [0.29, 0.717) is 23.2 Å². The first-order chi connectivity index (χ1) is 10.1. The van der Waals surface area contributed by atoms with Gasteiger partial charge in [0.15, 0.2) is 0 Å². The lowest BCUT2D eigenvalue weighted by atomic mass is 9.88. The molecule has 1 aromatic rings. The van der Waals surface area contributed by atoms with E-state index in [-0.39, 0.29) is 5.92 Å². The fourth-order valence-electron chi connectivity index (χ4n) is 4.55. The molecular weight excluding hydrogens is 262 g/mol. The van der Waals surface area contributed by atoms with Crippen LogP contribution in [-0.2, 0) is 11.3 Å². The van der Waals surface area contributed by atoms with Crippen LogP contribution in [0, 0.1) is 30.1 Å². The molecule has 2 saturated carbocycles. The Labute approximate surface area is 125 Å². The average molecular weight is 285 g/mol. The highest BCUT2D eigenvalue weighted by Crippen LogP contribution is 2.70. The number of allylic oxidation sites excluding steroid dienone is 2. The minimum Gasteiger partial charge on any atom is -0.344 e. The van der Waals surface area contributed by atoms with Crippen LogP contribution in [0.2, 0.25) is 0 Å². The third kappa shape index (κ3) is 1.88. The Kier molecular flexibility index (Phi) is 2.78. The summed E-state index contributed by atoms with van der Waals surface area (Å²) in [5.41, 5.74) is 0.502. The SMILES string of the molecule is Cc1nccn1CCN(C)C(=O)[C@H]1C[C@H]2C=C[C@H]1C21CC1. The number of likely N-dealkylation sites (N-methyl/N-ethyl adjacent to an activating group) is 1. The lowest BCUT2D eigenvalue weighted by Gasteiger charge is -2.25. The second-order valence-electron chi connectivity index (χ2n) is 7.02. The molecule has 4 nitrogen and oxygen atoms in total. The molecule has 3 atom stereocenters. The van der Waals surface area contributed by atoms with Gasteiger partial charge in [0.25, 0.3) is 0 Å². The van der Waals surface area contributed by atoms with Crippen LogP contribution < -0.4 is 0 Å². The van der Waals surface area contributed by atoms with Crippen LogP contribution in [0.1, 0.15) is 25.1 Å². The number of nitrogens with zero attached hydrogens (tertiary/aromatic N) is 3. The van der Waals surface area contributed by atoms with Gasteiger partial charge >= 0.3 is 0 Å². The lowest BCUT2D eigenvalue weighted by Crippen LogP contribution is -2.37. The van der Waals surface area contributed by atoms with Crippen molar-refractivity contribution in [1.82, 2.24) is 14.5 Å². The number of imidazole rings is 1. The molecule has 4 heteroatoms. The van der Waals surface area contributed by atoms with E-state index < -0.39 is 0 Å². The van der Waals surface area contributed by atoms with Crippen LogP contribution in [0.5, 0.6) is 0 Å². The van der Waals surface area contributed by atoms with Crippen LogP contribution in [0.3, 0.4) is 0 Å². The maximum absolute atomic E-state index is 12.8. The summed E-state index contributed by atoms with van der Waals surface area (Å²) in [7, 11) is 1.95. The first-order valence-corrected chi connectivity index (χ1v) is 8.03. The van der Waals surface area contributed by atoms with E-state index in [2.05, 4.69) is 21.7 Å². The summed E-state index contributed by atoms with van der Waals surface area (Å²) >= 11 is 0. The highest BCUT2D eigenvalue weighted by molar-refractivity contribution is 5.80. The van der Waals surface area contributed by atoms with Gasteiger partial charge in [-0.25, -0.2) is 4.98 Å². The van der Waals surface area contributed by atoms with E-state index in [1.807, 2.05) is 31.3 Å². The summed E-state index contributed by atoms with van der Waals surface area (Å²) in [6.07, 6.45) is 12.2. The van der Waals surface area contributed by atoms with Crippen LogP contribution in [0.4, 0.5) is 0 Å². The maximum Gasteiger partial charge on any atom is 0.226 e. The lowest BCUT2D eigenvalue weighted by molar-refractivity contribution is -0.135. The molecule has 112 valence electrons. The van der Waals surface area contributed by atoms with Gasteiger partial charge in [-0.15, -0.1) is 0 Å². The molecule has 0 aromatic carbocycles. The number of amides is 1. The van der Waals surface area contributed by atoms with Gasteiger partial charge in [0.1, 0.15) is 5.82 Å². The molecule has 1 spiro atoms. The summed E-state index contributed by atoms with van der Waals surface area (Å²) in [6.45, 7) is 3.59. The number of rotatable bonds is 4. The van der Waals surface area contributed by atoms with E-state index >= 15 is 0 Å². The zero-order valence-corrected chi connectivity index (χ0v) is 12.8. The molecule has 3 aliphatic carbocycles. The molecule has 2 bridgehead atoms. The largest absolute Gasteiger partial charge is 0.344 e. The van der Waals surface area contributed by atoms with Gasteiger partial charge in [0.05, 0.1) is 0 Å². The summed E-state index contributed by atoms with van der Waals surface area (Å²) in [6, 6.07) is 0. The standard InChI is InChI=1S/C17H23N3O/c1-12-18-7-8-20(12)10-9-19(2)16(21)14-11-13-3-4-15(14)17(13)5-6-17/h3-4,7-8,13-15H,5-6,9-11H2,1-2H3/t13-,14+,15-/m1/s1. The number of aromatic nitrogens is 2. The van der Waals surface area contributed by atoms with Gasteiger partial charge < -0.3 is 9.47 Å². The van der Waals surface area contributed by atoms with E-state index in [4.69, 9.17) is 0 Å². The van der Waals surface area contributed by atoms with Crippen LogP contribution in [-0.4, -0.2) is 34.0 Å². The van der Waals surface area contributed by atoms with Gasteiger partial charge in [0, 0.05) is 38.4 Å². The molecule has 0 aliphatic heterocycles. The normalized spacial score (nSPS) is 31.0. The fraction of sp³-hybridized carbons (Fsp3) is 0.647. The molecular formula is C17H23N3O. The smallest absolute Gasteiger partial charge is 0.226 e. The Bertz CT molecular complexity index is 599. The molecule has 2 fully saturated rings. The predicted molar refractivity (Wildman–Crippen MR) is 80.5 cm³/mol. The topological polar surface area (TPSA) is 38.1 Å². The number of aryl methyl sites for hydroxylation is 1. The van der Waals surface area contributed by atoms with Crippen LogP contribution in [0.25, 0.3) is 0 Å².